The summed E-state index contributed by atoms with van der Waals surface area (Å²) in [6, 6.07) is 17.7. The first-order valence-electron chi connectivity index (χ1n) is 8.50. The topological polar surface area (TPSA) is 46.0 Å². The van der Waals surface area contributed by atoms with Gasteiger partial charge in [-0.1, -0.05) is 30.3 Å². The average Bonchev–Trinajstić information content (AvgIpc) is 2.69. The molecule has 4 aromatic rings. The minimum atomic E-state index is -4.40. The van der Waals surface area contributed by atoms with Crippen LogP contribution in [0, 0.1) is 18.8 Å². The first kappa shape index (κ1) is 23.4. The van der Waals surface area contributed by atoms with Crippen LogP contribution in [0.3, 0.4) is 0 Å². The predicted octanol–water partition coefficient (Wildman–Crippen LogP) is 5.95. The van der Waals surface area contributed by atoms with Crippen LogP contribution < -0.4 is 0 Å². The first-order valence-corrected chi connectivity index (χ1v) is 8.50. The fourth-order valence-electron chi connectivity index (χ4n) is 2.52. The number of aryl methyl sites for hydroxylation is 1. The number of fused-ring (bicyclic) bond motifs is 1. The molecule has 0 amide bonds. The third-order valence-electron chi connectivity index (χ3n) is 3.98. The number of nitrogens with zero attached hydrogens (tertiary/aromatic N) is 2. The molecule has 0 aliphatic carbocycles. The Labute approximate surface area is 183 Å². The molecule has 2 aromatic heterocycles. The molecule has 0 saturated carbocycles. The summed E-state index contributed by atoms with van der Waals surface area (Å²) in [6.45, 7) is 1.91. The molecule has 1 radical (unpaired) electrons. The van der Waals surface area contributed by atoms with Gasteiger partial charge >= 0.3 is 6.18 Å². The van der Waals surface area contributed by atoms with Gasteiger partial charge in [-0.3, -0.25) is 4.39 Å². The van der Waals surface area contributed by atoms with Crippen molar-refractivity contribution in [2.75, 3.05) is 0 Å². The van der Waals surface area contributed by atoms with E-state index in [2.05, 4.69) is 16.0 Å². The molecule has 157 valence electrons. The third-order valence-corrected chi connectivity index (χ3v) is 3.98. The zero-order valence-electron chi connectivity index (χ0n) is 15.5. The number of rotatable bonds is 1. The van der Waals surface area contributed by atoms with Crippen molar-refractivity contribution in [2.45, 2.75) is 13.1 Å². The number of alkyl halides is 3. The van der Waals surface area contributed by atoms with E-state index in [1.807, 2.05) is 31.2 Å². The molecule has 1 N–H and O–H groups in total. The van der Waals surface area contributed by atoms with Crippen molar-refractivity contribution >= 4 is 10.9 Å². The molecule has 0 unspecified atom stereocenters. The van der Waals surface area contributed by atoms with Crippen LogP contribution >= 0.6 is 0 Å². The van der Waals surface area contributed by atoms with E-state index in [9.17, 15) is 22.7 Å². The van der Waals surface area contributed by atoms with E-state index in [1.54, 1.807) is 6.07 Å². The monoisotopic (exact) mass is 592 g/mol. The van der Waals surface area contributed by atoms with Gasteiger partial charge in [0.05, 0.1) is 5.56 Å². The molecule has 0 aliphatic heterocycles. The van der Waals surface area contributed by atoms with E-state index in [-0.39, 0.29) is 25.9 Å². The number of aromatic nitrogens is 2. The summed E-state index contributed by atoms with van der Waals surface area (Å²) in [4.78, 5) is 7.90. The van der Waals surface area contributed by atoms with E-state index in [0.717, 1.165) is 29.4 Å². The smallest absolute Gasteiger partial charge is 0.417 e. The molecule has 4 rings (SSSR count). The van der Waals surface area contributed by atoms with Crippen LogP contribution in [0.15, 0.2) is 66.9 Å². The van der Waals surface area contributed by atoms with Crippen LogP contribution in [0.25, 0.3) is 22.2 Å². The molecule has 0 atom stereocenters. The van der Waals surface area contributed by atoms with Crippen molar-refractivity contribution in [3.8, 4) is 17.0 Å². The summed E-state index contributed by atoms with van der Waals surface area (Å²) < 4.78 is 49.5. The molecule has 0 spiro atoms. The van der Waals surface area contributed by atoms with Gasteiger partial charge in [-0.25, -0.2) is 4.98 Å². The Morgan fingerprint density at radius 3 is 2.33 bits per heavy atom. The summed E-state index contributed by atoms with van der Waals surface area (Å²) in [6.07, 6.45) is -3.66. The van der Waals surface area contributed by atoms with Crippen molar-refractivity contribution in [1.29, 1.82) is 0 Å². The maximum atomic E-state index is 12.6. The Hall–Kier alpha value is -2.83. The van der Waals surface area contributed by atoms with Gasteiger partial charge in [-0.15, -0.1) is 29.8 Å². The number of hydrogen-bond acceptors (Lipinski definition) is 3. The van der Waals surface area contributed by atoms with Crippen molar-refractivity contribution in [3.05, 3.63) is 90.0 Å². The molecule has 8 heteroatoms. The van der Waals surface area contributed by atoms with Gasteiger partial charge < -0.3 is 10.1 Å². The van der Waals surface area contributed by atoms with Gasteiger partial charge in [0, 0.05) is 43.2 Å². The molecule has 30 heavy (non-hydrogen) atoms. The van der Waals surface area contributed by atoms with Gasteiger partial charge in [-0.05, 0) is 24.8 Å². The molecule has 2 heterocycles. The van der Waals surface area contributed by atoms with Gasteiger partial charge in [0.15, 0.2) is 0 Å². The molecule has 3 nitrogen and oxygen atoms in total. The number of pyridine rings is 2. The van der Waals surface area contributed by atoms with E-state index in [0.29, 0.717) is 16.8 Å². The minimum Gasteiger partial charge on any atom is -0.506 e. The largest absolute Gasteiger partial charge is 0.506 e. The average molecular weight is 592 g/mol. The van der Waals surface area contributed by atoms with Crippen molar-refractivity contribution in [2.24, 2.45) is 0 Å². The van der Waals surface area contributed by atoms with E-state index >= 15 is 0 Å². The van der Waals surface area contributed by atoms with Crippen LogP contribution in [0.5, 0.6) is 5.75 Å². The van der Waals surface area contributed by atoms with Gasteiger partial charge in [0.25, 0.3) is 0 Å². The summed E-state index contributed by atoms with van der Waals surface area (Å²) in [5, 5.41) is 10.4. The molecule has 2 aromatic carbocycles. The van der Waals surface area contributed by atoms with Gasteiger partial charge in [0.1, 0.15) is 11.3 Å². The maximum Gasteiger partial charge on any atom is 0.417 e. The zero-order valence-corrected chi connectivity index (χ0v) is 17.9. The number of aromatic hydroxyl groups is 1. The van der Waals surface area contributed by atoms with Gasteiger partial charge in [0.2, 0.25) is 0 Å². The second-order valence-corrected chi connectivity index (χ2v) is 6.15. The molecule has 0 saturated heterocycles. The standard InChI is InChI=1S/C12H6F4N.C10H9NO.Ir/c13-10-4-1-8(2-5-10)11-6-3-9(7-17-11)12(14,15)16;1-7-5-6-8-3-2-4-9(12)10(8)11-7;/h1,3-7H;2-6,12H,1H3;/q-1;;. The Morgan fingerprint density at radius 1 is 0.967 bits per heavy atom. The van der Waals surface area contributed by atoms with E-state index in [4.69, 9.17) is 0 Å². The van der Waals surface area contributed by atoms with E-state index < -0.39 is 17.6 Å². The van der Waals surface area contributed by atoms with Crippen molar-refractivity contribution in [3.63, 3.8) is 0 Å². The summed E-state index contributed by atoms with van der Waals surface area (Å²) in [5.41, 5.74) is 1.54. The SMILES string of the molecule is Cc1ccc2cccc(O)c2n1.Fc1c[c-]c(-c2ccc(C(F)(F)F)cn2)cc1.[Ir]. The third kappa shape index (κ3) is 5.84. The Kier molecular flexibility index (Phi) is 7.65. The molecule has 0 bridgehead atoms. The Balaban J connectivity index is 0.000000218. The minimum absolute atomic E-state index is 0. The zero-order chi connectivity index (χ0) is 21.0. The molecule has 0 aliphatic rings. The second-order valence-electron chi connectivity index (χ2n) is 6.15. The van der Waals surface area contributed by atoms with Crippen LogP contribution in [-0.4, -0.2) is 15.1 Å². The normalized spacial score (nSPS) is 10.7. The molecule has 0 fully saturated rings. The predicted molar refractivity (Wildman–Crippen MR) is 102 cm³/mol. The first-order chi connectivity index (χ1) is 13.7. The fraction of sp³-hybridized carbons (Fsp3) is 0.0909. The molecular formula is C22H15F4IrN2O-. The number of para-hydroxylation sites is 1. The number of phenols is 1. The maximum absolute atomic E-state index is 12.6. The quantitative estimate of drug-likeness (QED) is 0.220. The van der Waals surface area contributed by atoms with Gasteiger partial charge in [-0.2, -0.15) is 13.2 Å². The number of halogens is 4. The number of hydrogen-bond donors (Lipinski definition) is 1. The van der Waals surface area contributed by atoms with Crippen LogP contribution in [-0.2, 0) is 26.3 Å². The Bertz CT molecular complexity index is 1110. The van der Waals surface area contributed by atoms with Crippen molar-refractivity contribution in [1.82, 2.24) is 9.97 Å². The summed E-state index contributed by atoms with van der Waals surface area (Å²) in [7, 11) is 0. The fourth-order valence-corrected chi connectivity index (χ4v) is 2.52. The summed E-state index contributed by atoms with van der Waals surface area (Å²) in [5.74, 6) is -0.211. The van der Waals surface area contributed by atoms with Crippen LogP contribution in [0.2, 0.25) is 0 Å². The van der Waals surface area contributed by atoms with Crippen LogP contribution in [0.1, 0.15) is 11.3 Å². The van der Waals surface area contributed by atoms with Crippen molar-refractivity contribution < 1.29 is 42.8 Å². The molecular weight excluding hydrogens is 576 g/mol. The van der Waals surface area contributed by atoms with E-state index in [1.165, 1.54) is 18.2 Å². The number of benzene rings is 2. The second kappa shape index (κ2) is 9.78. The summed E-state index contributed by atoms with van der Waals surface area (Å²) >= 11 is 0. The number of phenolic OH excluding ortho intramolecular Hbond substituents is 1. The Morgan fingerprint density at radius 2 is 1.73 bits per heavy atom. The van der Waals surface area contributed by atoms with Crippen LogP contribution in [0.4, 0.5) is 17.6 Å².